The van der Waals surface area contributed by atoms with Crippen LogP contribution in [0, 0.1) is 0 Å². The molecule has 2 N–H and O–H groups in total. The molecule has 134 valence electrons. The molecule has 0 radical (unpaired) electrons. The van der Waals surface area contributed by atoms with Gasteiger partial charge in [0.2, 0.25) is 0 Å². The summed E-state index contributed by atoms with van der Waals surface area (Å²) in [6.45, 7) is 10.4. The number of aryl methyl sites for hydroxylation is 1. The van der Waals surface area contributed by atoms with Crippen LogP contribution in [0.15, 0.2) is 30.3 Å². The largest absolute Gasteiger partial charge is 0.379 e. The van der Waals surface area contributed by atoms with Crippen molar-refractivity contribution in [2.24, 2.45) is 0 Å². The van der Waals surface area contributed by atoms with Crippen molar-refractivity contribution in [1.82, 2.24) is 15.5 Å². The monoisotopic (exact) mass is 333 g/mol. The fourth-order valence-corrected chi connectivity index (χ4v) is 2.95. The lowest BCUT2D eigenvalue weighted by Gasteiger charge is -2.40. The van der Waals surface area contributed by atoms with Crippen LogP contribution >= 0.6 is 0 Å². The average molecular weight is 333 g/mol. The van der Waals surface area contributed by atoms with Gasteiger partial charge in [0.05, 0.1) is 13.2 Å². The predicted octanol–water partition coefficient (Wildman–Crippen LogP) is 2.42. The molecule has 24 heavy (non-hydrogen) atoms. The molecule has 1 heterocycles. The van der Waals surface area contributed by atoms with Crippen LogP contribution in [0.3, 0.4) is 0 Å². The number of urea groups is 1. The second kappa shape index (κ2) is 9.04. The molecule has 0 aliphatic carbocycles. The molecule has 0 unspecified atom stereocenters. The number of ether oxygens (including phenoxy) is 1. The van der Waals surface area contributed by atoms with E-state index in [-0.39, 0.29) is 17.6 Å². The maximum Gasteiger partial charge on any atom is 0.315 e. The van der Waals surface area contributed by atoms with Gasteiger partial charge in [-0.2, -0.15) is 0 Å². The van der Waals surface area contributed by atoms with Gasteiger partial charge in [0.15, 0.2) is 0 Å². The molecule has 5 nitrogen and oxygen atoms in total. The van der Waals surface area contributed by atoms with Crippen molar-refractivity contribution in [3.8, 4) is 0 Å². The molecule has 1 aliphatic rings. The molecule has 0 saturated carbocycles. The van der Waals surface area contributed by atoms with Gasteiger partial charge in [0, 0.05) is 31.2 Å². The quantitative estimate of drug-likeness (QED) is 0.806. The number of hydrogen-bond acceptors (Lipinski definition) is 3. The maximum atomic E-state index is 12.1. The highest BCUT2D eigenvalue weighted by Gasteiger charge is 2.28. The fourth-order valence-electron chi connectivity index (χ4n) is 2.95. The van der Waals surface area contributed by atoms with E-state index >= 15 is 0 Å². The van der Waals surface area contributed by atoms with Gasteiger partial charge in [-0.25, -0.2) is 4.79 Å². The smallest absolute Gasteiger partial charge is 0.315 e. The topological polar surface area (TPSA) is 53.6 Å². The van der Waals surface area contributed by atoms with Crippen LogP contribution in [-0.4, -0.2) is 55.4 Å². The zero-order chi connectivity index (χ0) is 17.4. The highest BCUT2D eigenvalue weighted by atomic mass is 16.5. The van der Waals surface area contributed by atoms with Crippen LogP contribution in [0.25, 0.3) is 0 Å². The highest BCUT2D eigenvalue weighted by Crippen LogP contribution is 2.15. The summed E-state index contributed by atoms with van der Waals surface area (Å²) in [6, 6.07) is 10.4. The standard InChI is InChI=1S/C19H31N3O2/c1-16(9-10-17-7-5-4-6-8-17)21-18(23)20-15-19(2,3)22-11-13-24-14-12-22/h4-8,16H,9-15H2,1-3H3,(H2,20,21,23)/t16-/m0/s1. The van der Waals surface area contributed by atoms with E-state index in [0.717, 1.165) is 39.1 Å². The summed E-state index contributed by atoms with van der Waals surface area (Å²) in [5.74, 6) is 0. The number of carbonyl (C=O) groups excluding carboxylic acids is 1. The molecule has 1 aliphatic heterocycles. The number of amides is 2. The number of nitrogens with one attached hydrogen (secondary N) is 2. The van der Waals surface area contributed by atoms with Gasteiger partial charge in [-0.3, -0.25) is 4.90 Å². The summed E-state index contributed by atoms with van der Waals surface area (Å²) < 4.78 is 5.40. The SMILES string of the molecule is C[C@@H](CCc1ccccc1)NC(=O)NCC(C)(C)N1CCOCC1. The van der Waals surface area contributed by atoms with E-state index in [9.17, 15) is 4.79 Å². The molecule has 2 rings (SSSR count). The summed E-state index contributed by atoms with van der Waals surface area (Å²) in [5, 5.41) is 6.05. The van der Waals surface area contributed by atoms with Crippen molar-refractivity contribution < 1.29 is 9.53 Å². The highest BCUT2D eigenvalue weighted by molar-refractivity contribution is 5.74. The number of benzene rings is 1. The third-order valence-corrected chi connectivity index (χ3v) is 4.64. The predicted molar refractivity (Wildman–Crippen MR) is 97.2 cm³/mol. The van der Waals surface area contributed by atoms with E-state index in [1.807, 2.05) is 18.2 Å². The molecule has 0 aromatic heterocycles. The number of hydrogen-bond donors (Lipinski definition) is 2. The average Bonchev–Trinajstić information content (AvgIpc) is 2.60. The van der Waals surface area contributed by atoms with Gasteiger partial charge in [-0.05, 0) is 39.2 Å². The Balaban J connectivity index is 1.68. The van der Waals surface area contributed by atoms with E-state index in [2.05, 4.69) is 48.4 Å². The Morgan fingerprint density at radius 3 is 2.58 bits per heavy atom. The van der Waals surface area contributed by atoms with Crippen molar-refractivity contribution >= 4 is 6.03 Å². The van der Waals surface area contributed by atoms with Gasteiger partial charge >= 0.3 is 6.03 Å². The first kappa shape index (κ1) is 18.7. The fraction of sp³-hybridized carbons (Fsp3) is 0.632. The minimum absolute atomic E-state index is 0.0611. The van der Waals surface area contributed by atoms with Crippen LogP contribution < -0.4 is 10.6 Å². The molecule has 0 bridgehead atoms. The van der Waals surface area contributed by atoms with E-state index in [4.69, 9.17) is 4.74 Å². The second-order valence-electron chi connectivity index (χ2n) is 7.16. The zero-order valence-electron chi connectivity index (χ0n) is 15.2. The first-order valence-corrected chi connectivity index (χ1v) is 8.88. The lowest BCUT2D eigenvalue weighted by Crippen LogP contribution is -2.56. The Labute approximate surface area is 145 Å². The molecule has 2 amide bonds. The first-order valence-electron chi connectivity index (χ1n) is 8.88. The summed E-state index contributed by atoms with van der Waals surface area (Å²) >= 11 is 0. The van der Waals surface area contributed by atoms with E-state index in [0.29, 0.717) is 6.54 Å². The van der Waals surface area contributed by atoms with Crippen molar-refractivity contribution in [2.45, 2.75) is 45.2 Å². The normalized spacial score (nSPS) is 17.3. The zero-order valence-corrected chi connectivity index (χ0v) is 15.2. The maximum absolute atomic E-state index is 12.1. The van der Waals surface area contributed by atoms with Crippen LogP contribution in [0.2, 0.25) is 0 Å². The lowest BCUT2D eigenvalue weighted by molar-refractivity contribution is -0.00876. The van der Waals surface area contributed by atoms with E-state index in [1.165, 1.54) is 5.56 Å². The summed E-state index contributed by atoms with van der Waals surface area (Å²) in [7, 11) is 0. The minimum atomic E-state index is -0.0862. The van der Waals surface area contributed by atoms with Gasteiger partial charge in [0.1, 0.15) is 0 Å². The van der Waals surface area contributed by atoms with Gasteiger partial charge in [-0.1, -0.05) is 30.3 Å². The molecule has 1 atom stereocenters. The second-order valence-corrected chi connectivity index (χ2v) is 7.16. The van der Waals surface area contributed by atoms with Gasteiger partial charge in [0.25, 0.3) is 0 Å². The molecule has 1 saturated heterocycles. The number of morpholine rings is 1. The van der Waals surface area contributed by atoms with Crippen LogP contribution in [0.5, 0.6) is 0 Å². The van der Waals surface area contributed by atoms with Crippen molar-refractivity contribution in [2.75, 3.05) is 32.8 Å². The third kappa shape index (κ3) is 6.13. The van der Waals surface area contributed by atoms with Crippen LogP contribution in [0.1, 0.15) is 32.8 Å². The van der Waals surface area contributed by atoms with E-state index in [1.54, 1.807) is 0 Å². The number of nitrogens with zero attached hydrogens (tertiary/aromatic N) is 1. The Kier molecular flexibility index (Phi) is 7.06. The first-order chi connectivity index (χ1) is 11.5. The van der Waals surface area contributed by atoms with Crippen molar-refractivity contribution in [3.05, 3.63) is 35.9 Å². The molecular weight excluding hydrogens is 302 g/mol. The lowest BCUT2D eigenvalue weighted by atomic mass is 10.0. The van der Waals surface area contributed by atoms with E-state index < -0.39 is 0 Å². The summed E-state index contributed by atoms with van der Waals surface area (Å²) in [5.41, 5.74) is 1.24. The minimum Gasteiger partial charge on any atom is -0.379 e. The summed E-state index contributed by atoms with van der Waals surface area (Å²) in [4.78, 5) is 14.5. The molecule has 1 fully saturated rings. The summed E-state index contributed by atoms with van der Waals surface area (Å²) in [6.07, 6.45) is 1.91. The molecule has 1 aromatic carbocycles. The van der Waals surface area contributed by atoms with Gasteiger partial charge in [-0.15, -0.1) is 0 Å². The van der Waals surface area contributed by atoms with Crippen LogP contribution in [-0.2, 0) is 11.2 Å². The molecule has 5 heteroatoms. The molecule has 0 spiro atoms. The Hall–Kier alpha value is -1.59. The third-order valence-electron chi connectivity index (χ3n) is 4.64. The molecular formula is C19H31N3O2. The van der Waals surface area contributed by atoms with Crippen LogP contribution in [0.4, 0.5) is 4.79 Å². The van der Waals surface area contributed by atoms with Crippen molar-refractivity contribution in [3.63, 3.8) is 0 Å². The molecule has 1 aromatic rings. The number of carbonyl (C=O) groups is 1. The van der Waals surface area contributed by atoms with Gasteiger partial charge < -0.3 is 15.4 Å². The Morgan fingerprint density at radius 2 is 1.92 bits per heavy atom. The number of rotatable bonds is 7. The van der Waals surface area contributed by atoms with Crippen molar-refractivity contribution in [1.29, 1.82) is 0 Å². The Morgan fingerprint density at radius 1 is 1.25 bits per heavy atom. The Bertz CT molecular complexity index is 499.